The van der Waals surface area contributed by atoms with Crippen LogP contribution in [0.25, 0.3) is 0 Å². The molecule has 0 aliphatic carbocycles. The van der Waals surface area contributed by atoms with Gasteiger partial charge in [-0.2, -0.15) is 0 Å². The molecule has 1 aromatic carbocycles. The summed E-state index contributed by atoms with van der Waals surface area (Å²) in [6.07, 6.45) is 0.943. The van der Waals surface area contributed by atoms with Crippen molar-refractivity contribution < 1.29 is 4.74 Å². The second kappa shape index (κ2) is 9.11. The van der Waals surface area contributed by atoms with Crippen LogP contribution in [0.3, 0.4) is 0 Å². The van der Waals surface area contributed by atoms with Crippen LogP contribution in [0.4, 0.5) is 0 Å². The first-order valence-corrected chi connectivity index (χ1v) is 7.66. The molecule has 0 heterocycles. The molecule has 0 atom stereocenters. The van der Waals surface area contributed by atoms with Gasteiger partial charge in [0.1, 0.15) is 0 Å². The Balaban J connectivity index is 2.30. The van der Waals surface area contributed by atoms with Gasteiger partial charge >= 0.3 is 0 Å². The molecule has 0 aromatic heterocycles. The fraction of sp³-hybridized carbons (Fsp3) is 0.647. The summed E-state index contributed by atoms with van der Waals surface area (Å²) in [5.74, 6) is 0. The highest BCUT2D eigenvalue weighted by Crippen LogP contribution is 2.07. The van der Waals surface area contributed by atoms with Crippen molar-refractivity contribution in [3.05, 3.63) is 35.4 Å². The fourth-order valence-corrected chi connectivity index (χ4v) is 2.44. The molecule has 2 N–H and O–H groups in total. The smallest absolute Gasteiger partial charge is 0.0717 e. The predicted octanol–water partition coefficient (Wildman–Crippen LogP) is 2.82. The molecule has 0 bridgehead atoms. The molecule has 3 nitrogen and oxygen atoms in total. The van der Waals surface area contributed by atoms with E-state index in [1.165, 1.54) is 11.1 Å². The Bertz CT molecular complexity index is 352. The lowest BCUT2D eigenvalue weighted by Gasteiger charge is -2.30. The zero-order valence-corrected chi connectivity index (χ0v) is 13.4. The Kier molecular flexibility index (Phi) is 7.82. The lowest BCUT2D eigenvalue weighted by atomic mass is 10.1. The van der Waals surface area contributed by atoms with Gasteiger partial charge in [0.05, 0.1) is 13.2 Å². The minimum Gasteiger partial charge on any atom is -0.375 e. The van der Waals surface area contributed by atoms with Crippen LogP contribution < -0.4 is 5.73 Å². The summed E-state index contributed by atoms with van der Waals surface area (Å²) < 4.78 is 5.78. The Labute approximate surface area is 124 Å². The highest BCUT2D eigenvalue weighted by atomic mass is 16.5. The maximum atomic E-state index is 5.78. The molecule has 20 heavy (non-hydrogen) atoms. The van der Waals surface area contributed by atoms with Gasteiger partial charge < -0.3 is 10.5 Å². The maximum absolute atomic E-state index is 5.78. The summed E-state index contributed by atoms with van der Waals surface area (Å²) in [5.41, 5.74) is 8.07. The van der Waals surface area contributed by atoms with Crippen molar-refractivity contribution in [2.75, 3.05) is 19.7 Å². The van der Waals surface area contributed by atoms with Gasteiger partial charge in [0.2, 0.25) is 0 Å². The standard InChI is InChI=1S/C17H30N2O/c1-14(2)19(15(3)4)11-12-20-13-17-7-5-16(6-8-17)9-10-18/h5-8,14-15H,9-13,18H2,1-4H3. The van der Waals surface area contributed by atoms with E-state index in [-0.39, 0.29) is 0 Å². The number of hydrogen-bond donors (Lipinski definition) is 1. The summed E-state index contributed by atoms with van der Waals surface area (Å²) in [5, 5.41) is 0. The van der Waals surface area contributed by atoms with E-state index < -0.39 is 0 Å². The molecular formula is C17H30N2O. The van der Waals surface area contributed by atoms with Gasteiger partial charge in [-0.1, -0.05) is 24.3 Å². The predicted molar refractivity (Wildman–Crippen MR) is 85.8 cm³/mol. The normalized spacial score (nSPS) is 11.8. The first-order valence-electron chi connectivity index (χ1n) is 7.66. The Morgan fingerprint density at radius 1 is 1.00 bits per heavy atom. The average Bonchev–Trinajstić information content (AvgIpc) is 2.40. The van der Waals surface area contributed by atoms with Crippen molar-refractivity contribution in [1.82, 2.24) is 4.90 Å². The van der Waals surface area contributed by atoms with Crippen LogP contribution in [0.5, 0.6) is 0 Å². The molecule has 0 unspecified atom stereocenters. The van der Waals surface area contributed by atoms with Gasteiger partial charge in [0.25, 0.3) is 0 Å². The molecule has 0 aliphatic heterocycles. The molecule has 0 amide bonds. The van der Waals surface area contributed by atoms with Crippen LogP contribution >= 0.6 is 0 Å². The third-order valence-corrected chi connectivity index (χ3v) is 3.55. The molecule has 3 heteroatoms. The maximum Gasteiger partial charge on any atom is 0.0717 e. The number of rotatable bonds is 9. The molecular weight excluding hydrogens is 248 g/mol. The van der Waals surface area contributed by atoms with Crippen LogP contribution in [0.15, 0.2) is 24.3 Å². The van der Waals surface area contributed by atoms with Crippen molar-refractivity contribution in [1.29, 1.82) is 0 Å². The number of nitrogens with zero attached hydrogens (tertiary/aromatic N) is 1. The van der Waals surface area contributed by atoms with Gasteiger partial charge in [-0.15, -0.1) is 0 Å². The zero-order valence-electron chi connectivity index (χ0n) is 13.4. The van der Waals surface area contributed by atoms with Gasteiger partial charge in [0.15, 0.2) is 0 Å². The highest BCUT2D eigenvalue weighted by molar-refractivity contribution is 5.22. The monoisotopic (exact) mass is 278 g/mol. The van der Waals surface area contributed by atoms with Crippen molar-refractivity contribution in [2.24, 2.45) is 5.73 Å². The molecule has 114 valence electrons. The SMILES string of the molecule is CC(C)N(CCOCc1ccc(CCN)cc1)C(C)C. The topological polar surface area (TPSA) is 38.5 Å². The summed E-state index contributed by atoms with van der Waals surface area (Å²) in [4.78, 5) is 2.45. The minimum atomic E-state index is 0.564. The van der Waals surface area contributed by atoms with E-state index in [9.17, 15) is 0 Å². The van der Waals surface area contributed by atoms with Gasteiger partial charge in [-0.05, 0) is 51.8 Å². The van der Waals surface area contributed by atoms with E-state index in [1.807, 2.05) is 0 Å². The summed E-state index contributed by atoms with van der Waals surface area (Å²) in [7, 11) is 0. The van der Waals surface area contributed by atoms with Crippen molar-refractivity contribution in [2.45, 2.75) is 52.8 Å². The molecule has 1 rings (SSSR count). The van der Waals surface area contributed by atoms with Gasteiger partial charge in [0, 0.05) is 18.6 Å². The van der Waals surface area contributed by atoms with Crippen LogP contribution in [0.2, 0.25) is 0 Å². The van der Waals surface area contributed by atoms with E-state index in [0.717, 1.165) is 19.6 Å². The Hall–Kier alpha value is -0.900. The van der Waals surface area contributed by atoms with Crippen LogP contribution in [0, 0.1) is 0 Å². The zero-order chi connectivity index (χ0) is 15.0. The average molecular weight is 278 g/mol. The van der Waals surface area contributed by atoms with E-state index in [0.29, 0.717) is 25.2 Å². The van der Waals surface area contributed by atoms with Gasteiger partial charge in [-0.3, -0.25) is 4.90 Å². The molecule has 0 aliphatic rings. The number of ether oxygens (including phenoxy) is 1. The fourth-order valence-electron chi connectivity index (χ4n) is 2.44. The number of nitrogens with two attached hydrogens (primary N) is 1. The van der Waals surface area contributed by atoms with E-state index in [2.05, 4.69) is 56.9 Å². The Morgan fingerprint density at radius 3 is 2.05 bits per heavy atom. The van der Waals surface area contributed by atoms with Crippen molar-refractivity contribution >= 4 is 0 Å². The van der Waals surface area contributed by atoms with Crippen LogP contribution in [0.1, 0.15) is 38.8 Å². The quantitative estimate of drug-likeness (QED) is 0.706. The highest BCUT2D eigenvalue weighted by Gasteiger charge is 2.12. The number of benzene rings is 1. The second-order valence-corrected chi connectivity index (χ2v) is 5.83. The minimum absolute atomic E-state index is 0.564. The Morgan fingerprint density at radius 2 is 1.55 bits per heavy atom. The third kappa shape index (κ3) is 6.04. The van der Waals surface area contributed by atoms with Crippen molar-refractivity contribution in [3.63, 3.8) is 0 Å². The van der Waals surface area contributed by atoms with Crippen LogP contribution in [-0.2, 0) is 17.8 Å². The van der Waals surface area contributed by atoms with Gasteiger partial charge in [-0.25, -0.2) is 0 Å². The first-order chi connectivity index (χ1) is 9.54. The van der Waals surface area contributed by atoms with Crippen molar-refractivity contribution in [3.8, 4) is 0 Å². The molecule has 1 aromatic rings. The molecule has 0 saturated heterocycles. The summed E-state index contributed by atoms with van der Waals surface area (Å²) in [6, 6.07) is 9.67. The molecule has 0 radical (unpaired) electrons. The largest absolute Gasteiger partial charge is 0.375 e. The summed E-state index contributed by atoms with van der Waals surface area (Å²) >= 11 is 0. The van der Waals surface area contributed by atoms with Crippen LogP contribution in [-0.4, -0.2) is 36.7 Å². The molecule has 0 saturated carbocycles. The molecule has 0 fully saturated rings. The second-order valence-electron chi connectivity index (χ2n) is 5.83. The summed E-state index contributed by atoms with van der Waals surface area (Å²) in [6.45, 7) is 12.1. The lowest BCUT2D eigenvalue weighted by molar-refractivity contribution is 0.0699. The molecule has 0 spiro atoms. The lowest BCUT2D eigenvalue weighted by Crippen LogP contribution is -2.39. The van der Waals surface area contributed by atoms with E-state index in [1.54, 1.807) is 0 Å². The third-order valence-electron chi connectivity index (χ3n) is 3.55. The van der Waals surface area contributed by atoms with E-state index in [4.69, 9.17) is 10.5 Å². The first kappa shape index (κ1) is 17.2. The number of hydrogen-bond acceptors (Lipinski definition) is 3. The van der Waals surface area contributed by atoms with E-state index >= 15 is 0 Å².